The molecule has 0 saturated heterocycles. The molecule has 0 aromatic heterocycles. The van der Waals surface area contributed by atoms with Crippen molar-refractivity contribution in [2.24, 2.45) is 0 Å². The maximum atomic E-state index is 9.60. The molecule has 0 saturated carbocycles. The Morgan fingerprint density at radius 2 is 2.57 bits per heavy atom. The van der Waals surface area contributed by atoms with Crippen LogP contribution in [0.2, 0.25) is 0 Å². The van der Waals surface area contributed by atoms with Crippen LogP contribution < -0.4 is 0 Å². The molecule has 2 nitrogen and oxygen atoms in total. The maximum Gasteiger partial charge on any atom is 0.122 e. The van der Waals surface area contributed by atoms with Gasteiger partial charge in [-0.2, -0.15) is 0 Å². The van der Waals surface area contributed by atoms with Crippen LogP contribution in [-0.2, 0) is 9.53 Å². The monoisotopic (exact) mass is 104 g/mol. The third kappa shape index (κ3) is 5.63. The van der Waals surface area contributed by atoms with Crippen LogP contribution in [0.4, 0.5) is 0 Å². The summed E-state index contributed by atoms with van der Waals surface area (Å²) in [6, 6.07) is 0. The van der Waals surface area contributed by atoms with Crippen molar-refractivity contribution in [1.82, 2.24) is 0 Å². The standard InChI is InChI=1S/C5H10O2.H2/c1-2-7-5-3-4-6;/h4H,2-3,5H2,1H3;1H. The zero-order chi connectivity index (χ0) is 5.54. The van der Waals surface area contributed by atoms with E-state index in [1.807, 2.05) is 6.92 Å². The summed E-state index contributed by atoms with van der Waals surface area (Å²) in [4.78, 5) is 9.60. The predicted octanol–water partition coefficient (Wildman–Crippen LogP) is 0.858. The third-order valence-corrected chi connectivity index (χ3v) is 0.584. The van der Waals surface area contributed by atoms with E-state index >= 15 is 0 Å². The third-order valence-electron chi connectivity index (χ3n) is 0.584. The van der Waals surface area contributed by atoms with Gasteiger partial charge in [0, 0.05) is 14.5 Å². The highest BCUT2D eigenvalue weighted by Crippen LogP contribution is 1.74. The molecule has 0 rings (SSSR count). The Bertz CT molecular complexity index is 47.7. The van der Waals surface area contributed by atoms with E-state index in [9.17, 15) is 4.79 Å². The number of aldehydes is 1. The fourth-order valence-corrected chi connectivity index (χ4v) is 0.276. The smallest absolute Gasteiger partial charge is 0.122 e. The van der Waals surface area contributed by atoms with E-state index in [4.69, 9.17) is 4.74 Å². The van der Waals surface area contributed by atoms with Crippen molar-refractivity contribution in [2.75, 3.05) is 13.2 Å². The number of rotatable bonds is 4. The first kappa shape index (κ1) is 6.63. The molecule has 2 heteroatoms. The van der Waals surface area contributed by atoms with Gasteiger partial charge in [-0.15, -0.1) is 0 Å². The number of hydrogen-bond acceptors (Lipinski definition) is 2. The molecule has 0 aromatic carbocycles. The van der Waals surface area contributed by atoms with Crippen LogP contribution in [0.15, 0.2) is 0 Å². The minimum atomic E-state index is 0. The highest BCUT2D eigenvalue weighted by atomic mass is 16.5. The van der Waals surface area contributed by atoms with Crippen LogP contribution in [0, 0.1) is 0 Å². The van der Waals surface area contributed by atoms with Crippen LogP contribution >= 0.6 is 0 Å². The molecule has 0 unspecified atom stereocenters. The van der Waals surface area contributed by atoms with E-state index in [1.165, 1.54) is 0 Å². The first-order valence-corrected chi connectivity index (χ1v) is 2.43. The summed E-state index contributed by atoms with van der Waals surface area (Å²) in [5, 5.41) is 0. The molecule has 0 heterocycles. The van der Waals surface area contributed by atoms with Crippen molar-refractivity contribution in [1.29, 1.82) is 0 Å². The van der Waals surface area contributed by atoms with Crippen molar-refractivity contribution >= 4 is 6.29 Å². The Labute approximate surface area is 45.0 Å². The largest absolute Gasteiger partial charge is 0.381 e. The molecule has 0 radical (unpaired) electrons. The topological polar surface area (TPSA) is 26.3 Å². The van der Waals surface area contributed by atoms with Gasteiger partial charge >= 0.3 is 0 Å². The van der Waals surface area contributed by atoms with E-state index in [1.54, 1.807) is 0 Å². The molecule has 0 aliphatic heterocycles. The van der Waals surface area contributed by atoms with Gasteiger partial charge in [-0.25, -0.2) is 0 Å². The van der Waals surface area contributed by atoms with Gasteiger partial charge in [0.25, 0.3) is 0 Å². The van der Waals surface area contributed by atoms with Gasteiger partial charge in [0.2, 0.25) is 0 Å². The van der Waals surface area contributed by atoms with Crippen molar-refractivity contribution < 1.29 is 11.0 Å². The summed E-state index contributed by atoms with van der Waals surface area (Å²) in [5.74, 6) is 0. The highest BCUT2D eigenvalue weighted by molar-refractivity contribution is 5.49. The van der Waals surface area contributed by atoms with Crippen molar-refractivity contribution in [2.45, 2.75) is 13.3 Å². The molecular weight excluding hydrogens is 92.1 g/mol. The summed E-state index contributed by atoms with van der Waals surface area (Å²) in [5.41, 5.74) is 0. The lowest BCUT2D eigenvalue weighted by Crippen LogP contribution is -1.92. The fourth-order valence-electron chi connectivity index (χ4n) is 0.276. The Balaban J connectivity index is 0. The van der Waals surface area contributed by atoms with Crippen LogP contribution in [0.1, 0.15) is 14.8 Å². The highest BCUT2D eigenvalue weighted by Gasteiger charge is 1.78. The van der Waals surface area contributed by atoms with Gasteiger partial charge in [0.1, 0.15) is 6.29 Å². The lowest BCUT2D eigenvalue weighted by molar-refractivity contribution is -0.108. The minimum absolute atomic E-state index is 0. The van der Waals surface area contributed by atoms with E-state index in [-0.39, 0.29) is 1.43 Å². The number of carbonyl (C=O) groups is 1. The molecule has 0 aromatic rings. The van der Waals surface area contributed by atoms with Crippen LogP contribution in [0.3, 0.4) is 0 Å². The summed E-state index contributed by atoms with van der Waals surface area (Å²) in [6.45, 7) is 3.18. The molecular formula is C5H12O2. The number of carbonyl (C=O) groups excluding carboxylic acids is 1. The number of hydrogen-bond donors (Lipinski definition) is 0. The summed E-state index contributed by atoms with van der Waals surface area (Å²) in [7, 11) is 0. The summed E-state index contributed by atoms with van der Waals surface area (Å²) < 4.78 is 4.84. The molecule has 0 N–H and O–H groups in total. The van der Waals surface area contributed by atoms with Gasteiger partial charge in [-0.1, -0.05) is 0 Å². The molecule has 44 valence electrons. The first-order chi connectivity index (χ1) is 3.41. The molecule has 0 atom stereocenters. The molecule has 7 heavy (non-hydrogen) atoms. The average molecular weight is 104 g/mol. The first-order valence-electron chi connectivity index (χ1n) is 2.43. The van der Waals surface area contributed by atoms with Crippen LogP contribution in [-0.4, -0.2) is 19.5 Å². The molecule has 0 amide bonds. The molecule has 0 aliphatic rings. The Hall–Kier alpha value is -0.370. The molecule has 0 fully saturated rings. The molecule has 0 spiro atoms. The van der Waals surface area contributed by atoms with E-state index < -0.39 is 0 Å². The minimum Gasteiger partial charge on any atom is -0.381 e. The summed E-state index contributed by atoms with van der Waals surface area (Å²) in [6.07, 6.45) is 1.38. The average Bonchev–Trinajstić information content (AvgIpc) is 1.69. The Morgan fingerprint density at radius 1 is 1.86 bits per heavy atom. The van der Waals surface area contributed by atoms with Gasteiger partial charge in [-0.05, 0) is 6.92 Å². The van der Waals surface area contributed by atoms with Crippen LogP contribution in [0.5, 0.6) is 0 Å². The number of ether oxygens (including phenoxy) is 1. The Morgan fingerprint density at radius 3 is 3.00 bits per heavy atom. The molecule has 0 bridgehead atoms. The quantitative estimate of drug-likeness (QED) is 0.390. The van der Waals surface area contributed by atoms with Crippen molar-refractivity contribution in [3.05, 3.63) is 0 Å². The fraction of sp³-hybridized carbons (Fsp3) is 0.800. The van der Waals surface area contributed by atoms with Gasteiger partial charge in [0.15, 0.2) is 0 Å². The van der Waals surface area contributed by atoms with Gasteiger partial charge in [-0.3, -0.25) is 0 Å². The predicted molar refractivity (Wildman–Crippen MR) is 29.3 cm³/mol. The van der Waals surface area contributed by atoms with Crippen LogP contribution in [0.25, 0.3) is 0 Å². The van der Waals surface area contributed by atoms with Gasteiger partial charge in [0.05, 0.1) is 6.61 Å². The summed E-state index contributed by atoms with van der Waals surface area (Å²) >= 11 is 0. The maximum absolute atomic E-state index is 9.60. The second kappa shape index (κ2) is 5.63. The second-order valence-electron chi connectivity index (χ2n) is 1.15. The lowest BCUT2D eigenvalue weighted by atomic mass is 10.5. The zero-order valence-corrected chi connectivity index (χ0v) is 4.52. The van der Waals surface area contributed by atoms with Crippen molar-refractivity contribution in [3.63, 3.8) is 0 Å². The normalized spacial score (nSPS) is 8.71. The zero-order valence-electron chi connectivity index (χ0n) is 4.52. The Kier molecular flexibility index (Phi) is 5.33. The van der Waals surface area contributed by atoms with Gasteiger partial charge < -0.3 is 9.53 Å². The lowest BCUT2D eigenvalue weighted by Gasteiger charge is -1.91. The SMILES string of the molecule is CCOCCC=O.[HH]. The van der Waals surface area contributed by atoms with Crippen molar-refractivity contribution in [3.8, 4) is 0 Å². The molecule has 0 aliphatic carbocycles. The van der Waals surface area contributed by atoms with E-state index in [0.717, 1.165) is 6.29 Å². The van der Waals surface area contributed by atoms with E-state index in [0.29, 0.717) is 19.6 Å². The second-order valence-corrected chi connectivity index (χ2v) is 1.15. The van der Waals surface area contributed by atoms with E-state index in [2.05, 4.69) is 0 Å².